The maximum Gasteiger partial charge on any atom is 0.173 e. The molecule has 0 bridgehead atoms. The van der Waals surface area contributed by atoms with E-state index in [2.05, 4.69) is 0 Å². The highest BCUT2D eigenvalue weighted by molar-refractivity contribution is 6.33. The smallest absolute Gasteiger partial charge is 0.173 e. The molecule has 0 aliphatic heterocycles. The largest absolute Gasteiger partial charge is 0.493 e. The topological polar surface area (TPSA) is 55.8 Å². The molecule has 5 heteroatoms. The SMILES string of the molecule is COc1c(C(C)CO)cc(Cl)c(C=O)c1OC. The summed E-state index contributed by atoms with van der Waals surface area (Å²) >= 11 is 5.99. The van der Waals surface area contributed by atoms with Crippen LogP contribution in [0.4, 0.5) is 0 Å². The molecule has 0 aliphatic carbocycles. The van der Waals surface area contributed by atoms with Gasteiger partial charge in [0, 0.05) is 18.1 Å². The Morgan fingerprint density at radius 3 is 2.41 bits per heavy atom. The molecule has 1 N–H and O–H groups in total. The molecule has 1 aromatic carbocycles. The third-order valence-corrected chi connectivity index (χ3v) is 2.90. The molecule has 1 aromatic rings. The molecule has 0 aromatic heterocycles. The van der Waals surface area contributed by atoms with Crippen LogP contribution in [0.1, 0.15) is 28.8 Å². The average molecular weight is 259 g/mol. The van der Waals surface area contributed by atoms with Crippen LogP contribution in [0.2, 0.25) is 5.02 Å². The maximum atomic E-state index is 11.0. The van der Waals surface area contributed by atoms with E-state index in [9.17, 15) is 9.90 Å². The number of aliphatic hydroxyl groups excluding tert-OH is 1. The van der Waals surface area contributed by atoms with Gasteiger partial charge in [0.15, 0.2) is 17.8 Å². The molecule has 0 aliphatic rings. The minimum Gasteiger partial charge on any atom is -0.493 e. The van der Waals surface area contributed by atoms with Crippen LogP contribution in [0.25, 0.3) is 0 Å². The molecule has 0 saturated carbocycles. The fraction of sp³-hybridized carbons (Fsp3) is 0.417. The Balaban J connectivity index is 3.52. The van der Waals surface area contributed by atoms with Gasteiger partial charge in [0.1, 0.15) is 0 Å². The third kappa shape index (κ3) is 2.53. The molecule has 0 radical (unpaired) electrons. The van der Waals surface area contributed by atoms with Crippen molar-refractivity contribution in [2.75, 3.05) is 20.8 Å². The number of hydrogen-bond acceptors (Lipinski definition) is 4. The summed E-state index contributed by atoms with van der Waals surface area (Å²) in [4.78, 5) is 11.0. The predicted octanol–water partition coefficient (Wildman–Crippen LogP) is 2.27. The highest BCUT2D eigenvalue weighted by Gasteiger charge is 2.21. The molecule has 0 spiro atoms. The monoisotopic (exact) mass is 258 g/mol. The van der Waals surface area contributed by atoms with Crippen molar-refractivity contribution in [2.24, 2.45) is 0 Å². The Labute approximate surface area is 105 Å². The van der Waals surface area contributed by atoms with Crippen molar-refractivity contribution in [1.29, 1.82) is 0 Å². The lowest BCUT2D eigenvalue weighted by Gasteiger charge is -2.18. The minimum atomic E-state index is -0.156. The van der Waals surface area contributed by atoms with Gasteiger partial charge in [-0.1, -0.05) is 18.5 Å². The van der Waals surface area contributed by atoms with E-state index < -0.39 is 0 Å². The minimum absolute atomic E-state index is 0.0454. The van der Waals surface area contributed by atoms with E-state index in [1.165, 1.54) is 14.2 Å². The first-order chi connectivity index (χ1) is 8.10. The van der Waals surface area contributed by atoms with Crippen LogP contribution in [0, 0.1) is 0 Å². The first-order valence-electron chi connectivity index (χ1n) is 5.11. The van der Waals surface area contributed by atoms with Crippen LogP contribution >= 0.6 is 11.6 Å². The summed E-state index contributed by atoms with van der Waals surface area (Å²) in [5, 5.41) is 9.47. The van der Waals surface area contributed by atoms with Crippen molar-refractivity contribution in [1.82, 2.24) is 0 Å². The number of hydrogen-bond donors (Lipinski definition) is 1. The molecule has 1 unspecified atom stereocenters. The zero-order valence-corrected chi connectivity index (χ0v) is 10.7. The van der Waals surface area contributed by atoms with Gasteiger partial charge in [-0.2, -0.15) is 0 Å². The second-order valence-corrected chi connectivity index (χ2v) is 4.04. The van der Waals surface area contributed by atoms with E-state index in [4.69, 9.17) is 21.1 Å². The fourth-order valence-electron chi connectivity index (χ4n) is 1.63. The Hall–Kier alpha value is -1.26. The summed E-state index contributed by atoms with van der Waals surface area (Å²) in [6.07, 6.45) is 0.622. The number of ether oxygens (including phenoxy) is 2. The molecular formula is C12H15ClO4. The van der Waals surface area contributed by atoms with E-state index in [1.54, 1.807) is 6.07 Å². The fourth-order valence-corrected chi connectivity index (χ4v) is 1.88. The third-order valence-electron chi connectivity index (χ3n) is 2.58. The summed E-state index contributed by atoms with van der Waals surface area (Å²) in [6.45, 7) is 1.78. The van der Waals surface area contributed by atoms with E-state index in [0.29, 0.717) is 23.3 Å². The molecular weight excluding hydrogens is 244 g/mol. The molecule has 17 heavy (non-hydrogen) atoms. The van der Waals surface area contributed by atoms with Gasteiger partial charge in [-0.25, -0.2) is 0 Å². The number of carbonyl (C=O) groups excluding carboxylic acids is 1. The zero-order valence-electron chi connectivity index (χ0n) is 9.99. The van der Waals surface area contributed by atoms with Gasteiger partial charge < -0.3 is 14.6 Å². The van der Waals surface area contributed by atoms with E-state index in [-0.39, 0.29) is 23.1 Å². The van der Waals surface area contributed by atoms with Crippen LogP contribution in [-0.4, -0.2) is 32.2 Å². The maximum absolute atomic E-state index is 11.0. The van der Waals surface area contributed by atoms with Crippen LogP contribution in [0.15, 0.2) is 6.07 Å². The Bertz CT molecular complexity index is 417. The van der Waals surface area contributed by atoms with E-state index >= 15 is 0 Å². The van der Waals surface area contributed by atoms with Gasteiger partial charge in [0.25, 0.3) is 0 Å². The lowest BCUT2D eigenvalue weighted by Crippen LogP contribution is -2.05. The second kappa shape index (κ2) is 5.89. The first-order valence-corrected chi connectivity index (χ1v) is 5.48. The molecule has 1 atom stereocenters. The molecule has 0 amide bonds. The van der Waals surface area contributed by atoms with Crippen LogP contribution < -0.4 is 9.47 Å². The lowest BCUT2D eigenvalue weighted by atomic mass is 9.98. The zero-order chi connectivity index (χ0) is 13.0. The summed E-state index contributed by atoms with van der Waals surface area (Å²) < 4.78 is 10.4. The van der Waals surface area contributed by atoms with Crippen LogP contribution in [-0.2, 0) is 0 Å². The van der Waals surface area contributed by atoms with Crippen molar-refractivity contribution in [3.8, 4) is 11.5 Å². The van der Waals surface area contributed by atoms with Crippen LogP contribution in [0.5, 0.6) is 11.5 Å². The van der Waals surface area contributed by atoms with Gasteiger partial charge >= 0.3 is 0 Å². The predicted molar refractivity (Wildman–Crippen MR) is 65.4 cm³/mol. The van der Waals surface area contributed by atoms with Crippen molar-refractivity contribution in [3.63, 3.8) is 0 Å². The molecule has 0 saturated heterocycles. The Kier molecular flexibility index (Phi) is 4.78. The number of rotatable bonds is 5. The quantitative estimate of drug-likeness (QED) is 0.823. The second-order valence-electron chi connectivity index (χ2n) is 3.63. The average Bonchev–Trinajstić information content (AvgIpc) is 2.36. The van der Waals surface area contributed by atoms with E-state index in [1.807, 2.05) is 6.92 Å². The van der Waals surface area contributed by atoms with Gasteiger partial charge in [0.2, 0.25) is 0 Å². The number of methoxy groups -OCH3 is 2. The lowest BCUT2D eigenvalue weighted by molar-refractivity contribution is 0.112. The summed E-state index contributed by atoms with van der Waals surface area (Å²) in [6, 6.07) is 1.62. The standard InChI is InChI=1S/C12H15ClO4/c1-7(5-14)8-4-10(13)9(6-15)12(17-3)11(8)16-2/h4,6-7,14H,5H2,1-3H3. The number of carbonyl (C=O) groups is 1. The Morgan fingerprint density at radius 2 is 2.00 bits per heavy atom. The molecule has 0 heterocycles. The summed E-state index contributed by atoms with van der Waals surface area (Å²) in [5.74, 6) is 0.572. The van der Waals surface area contributed by atoms with Gasteiger partial charge in [-0.15, -0.1) is 0 Å². The first kappa shape index (κ1) is 13.8. The number of aldehydes is 1. The summed E-state index contributed by atoms with van der Waals surface area (Å²) in [5.41, 5.74) is 0.961. The number of aliphatic hydroxyl groups is 1. The highest BCUT2D eigenvalue weighted by atomic mass is 35.5. The van der Waals surface area contributed by atoms with Gasteiger partial charge in [-0.3, -0.25) is 4.79 Å². The van der Waals surface area contributed by atoms with E-state index in [0.717, 1.165) is 0 Å². The Morgan fingerprint density at radius 1 is 1.41 bits per heavy atom. The van der Waals surface area contributed by atoms with Crippen molar-refractivity contribution in [2.45, 2.75) is 12.8 Å². The van der Waals surface area contributed by atoms with Gasteiger partial charge in [-0.05, 0) is 6.07 Å². The van der Waals surface area contributed by atoms with Crippen molar-refractivity contribution >= 4 is 17.9 Å². The van der Waals surface area contributed by atoms with Crippen molar-refractivity contribution < 1.29 is 19.4 Å². The number of benzene rings is 1. The molecule has 0 fully saturated rings. The van der Waals surface area contributed by atoms with Crippen molar-refractivity contribution in [3.05, 3.63) is 22.2 Å². The summed E-state index contributed by atoms with van der Waals surface area (Å²) in [7, 11) is 2.92. The van der Waals surface area contributed by atoms with Gasteiger partial charge in [0.05, 0.1) is 24.8 Å². The normalized spacial score (nSPS) is 12.1. The van der Waals surface area contributed by atoms with Crippen LogP contribution in [0.3, 0.4) is 0 Å². The highest BCUT2D eigenvalue weighted by Crippen LogP contribution is 2.41. The molecule has 1 rings (SSSR count). The number of halogens is 1. The molecule has 4 nitrogen and oxygen atoms in total. The molecule has 94 valence electrons.